The van der Waals surface area contributed by atoms with Gasteiger partial charge in [-0.05, 0) is 13.3 Å². The molecule has 3 nitrogen and oxygen atoms in total. The van der Waals surface area contributed by atoms with Crippen LogP contribution in [0.5, 0.6) is 0 Å². The van der Waals surface area contributed by atoms with Gasteiger partial charge in [-0.2, -0.15) is 0 Å². The van der Waals surface area contributed by atoms with E-state index < -0.39 is 0 Å². The summed E-state index contributed by atoms with van der Waals surface area (Å²) < 4.78 is 10.4. The first-order chi connectivity index (χ1) is 10.2. The number of rotatable bonds is 15. The van der Waals surface area contributed by atoms with Crippen LogP contribution in [0.2, 0.25) is 0 Å². The molecular formula is C18H34O3. The Hall–Kier alpha value is -0.830. The molecule has 0 aliphatic rings. The van der Waals surface area contributed by atoms with Crippen LogP contribution in [-0.4, -0.2) is 25.8 Å². The zero-order valence-electron chi connectivity index (χ0n) is 14.1. The zero-order chi connectivity index (χ0) is 15.8. The molecular weight excluding hydrogens is 264 g/mol. The smallest absolute Gasteiger partial charge is 0.333 e. The minimum absolute atomic E-state index is 0.323. The molecule has 0 aliphatic carbocycles. The lowest BCUT2D eigenvalue weighted by Crippen LogP contribution is -2.11. The third-order valence-corrected chi connectivity index (χ3v) is 3.45. The number of unbranched alkanes of at least 4 members (excludes halogenated alkanes) is 9. The molecule has 0 rings (SSSR count). The standard InChI is InChI=1S/C18H34O3/c1-4-5-6-7-8-9-10-11-12-13-14-20-15-16-21-18(19)17(2)3/h2,4-16H2,1,3H3. The zero-order valence-corrected chi connectivity index (χ0v) is 14.1. The first-order valence-corrected chi connectivity index (χ1v) is 8.58. The van der Waals surface area contributed by atoms with E-state index in [0.717, 1.165) is 13.0 Å². The Bertz CT molecular complexity index is 261. The fraction of sp³-hybridized carbons (Fsp3) is 0.833. The molecule has 0 N–H and O–H groups in total. The predicted octanol–water partition coefficient (Wildman–Crippen LogP) is 5.04. The summed E-state index contributed by atoms with van der Waals surface area (Å²) in [6.07, 6.45) is 13.3. The molecule has 0 saturated heterocycles. The van der Waals surface area contributed by atoms with E-state index in [1.54, 1.807) is 6.92 Å². The van der Waals surface area contributed by atoms with Gasteiger partial charge in [-0.25, -0.2) is 4.79 Å². The second kappa shape index (κ2) is 15.6. The van der Waals surface area contributed by atoms with E-state index in [4.69, 9.17) is 9.47 Å². The lowest BCUT2D eigenvalue weighted by molar-refractivity contribution is -0.140. The second-order valence-corrected chi connectivity index (χ2v) is 5.71. The van der Waals surface area contributed by atoms with Gasteiger partial charge in [-0.15, -0.1) is 0 Å². The minimum atomic E-state index is -0.336. The molecule has 0 radical (unpaired) electrons. The lowest BCUT2D eigenvalue weighted by Gasteiger charge is -2.06. The molecule has 0 spiro atoms. The van der Waals surface area contributed by atoms with Crippen molar-refractivity contribution < 1.29 is 14.3 Å². The van der Waals surface area contributed by atoms with Crippen LogP contribution in [0.25, 0.3) is 0 Å². The predicted molar refractivity (Wildman–Crippen MR) is 88.4 cm³/mol. The van der Waals surface area contributed by atoms with E-state index in [2.05, 4.69) is 13.5 Å². The van der Waals surface area contributed by atoms with Crippen LogP contribution in [0.15, 0.2) is 12.2 Å². The third kappa shape index (κ3) is 15.4. The highest BCUT2D eigenvalue weighted by atomic mass is 16.6. The molecule has 0 aliphatic heterocycles. The van der Waals surface area contributed by atoms with Crippen molar-refractivity contribution in [3.05, 3.63) is 12.2 Å². The normalized spacial score (nSPS) is 10.6. The second-order valence-electron chi connectivity index (χ2n) is 5.71. The van der Waals surface area contributed by atoms with Crippen LogP contribution >= 0.6 is 0 Å². The highest BCUT2D eigenvalue weighted by Gasteiger charge is 2.01. The summed E-state index contributed by atoms with van der Waals surface area (Å²) >= 11 is 0. The lowest BCUT2D eigenvalue weighted by atomic mass is 10.1. The van der Waals surface area contributed by atoms with Gasteiger partial charge in [-0.1, -0.05) is 71.3 Å². The monoisotopic (exact) mass is 298 g/mol. The van der Waals surface area contributed by atoms with Crippen LogP contribution in [0.3, 0.4) is 0 Å². The number of esters is 1. The Kier molecular flexibility index (Phi) is 14.9. The van der Waals surface area contributed by atoms with Crippen LogP contribution in [-0.2, 0) is 14.3 Å². The Labute approximate surface area is 131 Å². The maximum Gasteiger partial charge on any atom is 0.333 e. The number of hydrogen-bond donors (Lipinski definition) is 0. The Morgan fingerprint density at radius 2 is 1.33 bits per heavy atom. The maximum absolute atomic E-state index is 11.1. The maximum atomic E-state index is 11.1. The molecule has 0 aromatic rings. The van der Waals surface area contributed by atoms with E-state index in [1.807, 2.05) is 0 Å². The van der Waals surface area contributed by atoms with Crippen molar-refractivity contribution in [3.63, 3.8) is 0 Å². The third-order valence-electron chi connectivity index (χ3n) is 3.45. The van der Waals surface area contributed by atoms with Crippen LogP contribution in [0, 0.1) is 0 Å². The molecule has 0 fully saturated rings. The topological polar surface area (TPSA) is 35.5 Å². The fourth-order valence-corrected chi connectivity index (χ4v) is 2.11. The quantitative estimate of drug-likeness (QED) is 0.241. The molecule has 0 saturated carbocycles. The van der Waals surface area contributed by atoms with Gasteiger partial charge in [0.15, 0.2) is 0 Å². The Morgan fingerprint density at radius 3 is 1.86 bits per heavy atom. The first-order valence-electron chi connectivity index (χ1n) is 8.58. The molecule has 0 atom stereocenters. The van der Waals surface area contributed by atoms with E-state index in [9.17, 15) is 4.79 Å². The van der Waals surface area contributed by atoms with Crippen molar-refractivity contribution in [2.75, 3.05) is 19.8 Å². The van der Waals surface area contributed by atoms with Crippen LogP contribution in [0.4, 0.5) is 0 Å². The van der Waals surface area contributed by atoms with Crippen molar-refractivity contribution >= 4 is 5.97 Å². The number of carbonyl (C=O) groups excluding carboxylic acids is 1. The molecule has 0 aromatic carbocycles. The van der Waals surface area contributed by atoms with Crippen molar-refractivity contribution in [2.24, 2.45) is 0 Å². The van der Waals surface area contributed by atoms with Gasteiger partial charge in [0.1, 0.15) is 6.61 Å². The van der Waals surface area contributed by atoms with E-state index in [0.29, 0.717) is 18.8 Å². The molecule has 0 aromatic heterocycles. The van der Waals surface area contributed by atoms with Gasteiger partial charge < -0.3 is 9.47 Å². The molecule has 3 heteroatoms. The van der Waals surface area contributed by atoms with Crippen molar-refractivity contribution in [1.29, 1.82) is 0 Å². The summed E-state index contributed by atoms with van der Waals surface area (Å²) in [4.78, 5) is 11.1. The highest BCUT2D eigenvalue weighted by Crippen LogP contribution is 2.10. The van der Waals surface area contributed by atoms with Crippen molar-refractivity contribution in [1.82, 2.24) is 0 Å². The average molecular weight is 298 g/mol. The average Bonchev–Trinajstić information content (AvgIpc) is 2.47. The molecule has 0 heterocycles. The van der Waals surface area contributed by atoms with Gasteiger partial charge in [-0.3, -0.25) is 0 Å². The Morgan fingerprint density at radius 1 is 0.810 bits per heavy atom. The molecule has 0 amide bonds. The summed E-state index contributed by atoms with van der Waals surface area (Å²) in [5.41, 5.74) is 0.435. The number of ether oxygens (including phenoxy) is 2. The van der Waals surface area contributed by atoms with Gasteiger partial charge in [0.2, 0.25) is 0 Å². The summed E-state index contributed by atoms with van der Waals surface area (Å²) in [6.45, 7) is 9.00. The largest absolute Gasteiger partial charge is 0.460 e. The summed E-state index contributed by atoms with van der Waals surface area (Å²) in [6, 6.07) is 0. The molecule has 0 bridgehead atoms. The fourth-order valence-electron chi connectivity index (χ4n) is 2.11. The van der Waals surface area contributed by atoms with Gasteiger partial charge in [0.05, 0.1) is 6.61 Å². The minimum Gasteiger partial charge on any atom is -0.460 e. The van der Waals surface area contributed by atoms with Gasteiger partial charge in [0, 0.05) is 12.2 Å². The van der Waals surface area contributed by atoms with Crippen LogP contribution < -0.4 is 0 Å². The first kappa shape index (κ1) is 20.2. The van der Waals surface area contributed by atoms with Crippen molar-refractivity contribution in [3.8, 4) is 0 Å². The molecule has 21 heavy (non-hydrogen) atoms. The highest BCUT2D eigenvalue weighted by molar-refractivity contribution is 5.86. The van der Waals surface area contributed by atoms with Crippen molar-refractivity contribution in [2.45, 2.75) is 78.1 Å². The van der Waals surface area contributed by atoms with Gasteiger partial charge >= 0.3 is 5.97 Å². The van der Waals surface area contributed by atoms with E-state index in [1.165, 1.54) is 57.8 Å². The number of hydrogen-bond acceptors (Lipinski definition) is 3. The van der Waals surface area contributed by atoms with Crippen LogP contribution in [0.1, 0.15) is 78.1 Å². The van der Waals surface area contributed by atoms with E-state index >= 15 is 0 Å². The van der Waals surface area contributed by atoms with Gasteiger partial charge in [0.25, 0.3) is 0 Å². The Balaban J connectivity index is 3.06. The summed E-state index contributed by atoms with van der Waals surface area (Å²) in [5, 5.41) is 0. The summed E-state index contributed by atoms with van der Waals surface area (Å²) in [5.74, 6) is -0.336. The SMILES string of the molecule is C=C(C)C(=O)OCCOCCCCCCCCCCCC. The molecule has 0 unspecified atom stereocenters. The number of carbonyl (C=O) groups is 1. The summed E-state index contributed by atoms with van der Waals surface area (Å²) in [7, 11) is 0. The van der Waals surface area contributed by atoms with E-state index in [-0.39, 0.29) is 5.97 Å². The molecule has 124 valence electrons.